The molecule has 2 aromatic rings. The molecule has 0 saturated carbocycles. The molecule has 0 aliphatic rings. The summed E-state index contributed by atoms with van der Waals surface area (Å²) < 4.78 is 13.6. The van der Waals surface area contributed by atoms with E-state index in [1.807, 2.05) is 24.3 Å². The molecule has 0 bridgehead atoms. The molecular weight excluding hydrogens is 295 g/mol. The molecule has 2 rings (SSSR count). The molecule has 94 valence electrons. The van der Waals surface area contributed by atoms with Crippen LogP contribution in [0.15, 0.2) is 47.2 Å². The second-order valence-corrected chi connectivity index (χ2v) is 4.97. The van der Waals surface area contributed by atoms with Gasteiger partial charge in [-0.1, -0.05) is 12.1 Å². The Labute approximate surface area is 114 Å². The number of nitrogens with zero attached hydrogens (tertiary/aromatic N) is 1. The minimum absolute atomic E-state index is 0.200. The first-order chi connectivity index (χ1) is 8.65. The van der Waals surface area contributed by atoms with Crippen LogP contribution in [-0.4, -0.2) is 11.0 Å². The molecule has 1 atom stereocenters. The fraction of sp³-hybridized carbons (Fsp3) is 0.214. The summed E-state index contributed by atoms with van der Waals surface area (Å²) in [6, 6.07) is 10.7. The monoisotopic (exact) mass is 308 g/mol. The van der Waals surface area contributed by atoms with Crippen molar-refractivity contribution in [2.24, 2.45) is 0 Å². The highest BCUT2D eigenvalue weighted by Crippen LogP contribution is 2.20. The van der Waals surface area contributed by atoms with Crippen molar-refractivity contribution < 1.29 is 4.39 Å². The zero-order valence-corrected chi connectivity index (χ0v) is 11.6. The fourth-order valence-corrected chi connectivity index (χ4v) is 2.15. The first kappa shape index (κ1) is 13.0. The molecule has 0 spiro atoms. The third kappa shape index (κ3) is 3.53. The van der Waals surface area contributed by atoms with Gasteiger partial charge in [-0.3, -0.25) is 0 Å². The summed E-state index contributed by atoms with van der Waals surface area (Å²) in [5.41, 5.74) is 2.07. The van der Waals surface area contributed by atoms with Crippen molar-refractivity contribution in [2.45, 2.75) is 19.4 Å². The van der Waals surface area contributed by atoms with Gasteiger partial charge in [-0.2, -0.15) is 0 Å². The van der Waals surface area contributed by atoms with Crippen molar-refractivity contribution >= 4 is 21.6 Å². The largest absolute Gasteiger partial charge is 0.380 e. The summed E-state index contributed by atoms with van der Waals surface area (Å²) in [6.07, 6.45) is 2.57. The van der Waals surface area contributed by atoms with Crippen molar-refractivity contribution in [3.05, 3.63) is 58.6 Å². The Morgan fingerprint density at radius 2 is 2.00 bits per heavy atom. The highest BCUT2D eigenvalue weighted by molar-refractivity contribution is 9.10. The van der Waals surface area contributed by atoms with Crippen molar-refractivity contribution in [1.82, 2.24) is 4.98 Å². The van der Waals surface area contributed by atoms with Gasteiger partial charge in [-0.25, -0.2) is 9.37 Å². The predicted octanol–water partition coefficient (Wildman–Crippen LogP) is 4.03. The third-order valence-corrected chi connectivity index (χ3v) is 3.25. The maximum Gasteiger partial charge on any atom is 0.129 e. The van der Waals surface area contributed by atoms with E-state index in [1.165, 1.54) is 12.1 Å². The van der Waals surface area contributed by atoms with Crippen LogP contribution in [0.5, 0.6) is 0 Å². The van der Waals surface area contributed by atoms with Crippen molar-refractivity contribution in [2.75, 3.05) is 5.32 Å². The Morgan fingerprint density at radius 3 is 2.67 bits per heavy atom. The SMILES string of the molecule is CC(Cc1ccc(F)cc1)Nc1cccnc1Br. The summed E-state index contributed by atoms with van der Waals surface area (Å²) in [6.45, 7) is 2.09. The number of hydrogen-bond donors (Lipinski definition) is 1. The molecule has 0 amide bonds. The number of hydrogen-bond acceptors (Lipinski definition) is 2. The molecule has 1 N–H and O–H groups in total. The van der Waals surface area contributed by atoms with E-state index in [0.717, 1.165) is 22.3 Å². The van der Waals surface area contributed by atoms with Gasteiger partial charge in [0.25, 0.3) is 0 Å². The third-order valence-electron chi connectivity index (χ3n) is 2.62. The molecule has 0 aliphatic carbocycles. The van der Waals surface area contributed by atoms with E-state index in [-0.39, 0.29) is 11.9 Å². The standard InChI is InChI=1S/C14H14BrFN2/c1-10(9-11-4-6-12(16)7-5-11)18-13-3-2-8-17-14(13)15/h2-8,10,18H,9H2,1H3. The molecular formula is C14H14BrFN2. The normalized spacial score (nSPS) is 12.2. The van der Waals surface area contributed by atoms with E-state index in [9.17, 15) is 4.39 Å². The van der Waals surface area contributed by atoms with Gasteiger partial charge in [0.2, 0.25) is 0 Å². The first-order valence-electron chi connectivity index (χ1n) is 5.76. The van der Waals surface area contributed by atoms with Gasteiger partial charge in [0, 0.05) is 12.2 Å². The Bertz CT molecular complexity index is 513. The molecule has 4 heteroatoms. The van der Waals surface area contributed by atoms with Crippen molar-refractivity contribution in [1.29, 1.82) is 0 Å². The van der Waals surface area contributed by atoms with Gasteiger partial charge in [-0.15, -0.1) is 0 Å². The lowest BCUT2D eigenvalue weighted by Crippen LogP contribution is -2.18. The number of anilines is 1. The minimum atomic E-state index is -0.200. The van der Waals surface area contributed by atoms with Gasteiger partial charge >= 0.3 is 0 Å². The van der Waals surface area contributed by atoms with Crippen LogP contribution < -0.4 is 5.32 Å². The molecule has 1 unspecified atom stereocenters. The zero-order valence-electron chi connectivity index (χ0n) is 10.0. The Morgan fingerprint density at radius 1 is 1.28 bits per heavy atom. The molecule has 0 saturated heterocycles. The van der Waals surface area contributed by atoms with Crippen LogP contribution in [0, 0.1) is 5.82 Å². The number of halogens is 2. The molecule has 18 heavy (non-hydrogen) atoms. The second-order valence-electron chi connectivity index (χ2n) is 4.22. The van der Waals surface area contributed by atoms with Gasteiger partial charge in [0.1, 0.15) is 10.4 Å². The second kappa shape index (κ2) is 5.96. The van der Waals surface area contributed by atoms with Crippen LogP contribution in [0.4, 0.5) is 10.1 Å². The molecule has 0 aliphatic heterocycles. The minimum Gasteiger partial charge on any atom is -0.380 e. The molecule has 1 aromatic carbocycles. The maximum absolute atomic E-state index is 12.8. The summed E-state index contributed by atoms with van der Waals surface area (Å²) >= 11 is 3.40. The predicted molar refractivity (Wildman–Crippen MR) is 75.1 cm³/mol. The van der Waals surface area contributed by atoms with E-state index in [1.54, 1.807) is 6.20 Å². The van der Waals surface area contributed by atoms with Gasteiger partial charge < -0.3 is 5.32 Å². The van der Waals surface area contributed by atoms with Gasteiger partial charge in [0.15, 0.2) is 0 Å². The average Bonchev–Trinajstić information content (AvgIpc) is 2.35. The van der Waals surface area contributed by atoms with Crippen LogP contribution in [-0.2, 0) is 6.42 Å². The van der Waals surface area contributed by atoms with E-state index in [2.05, 4.69) is 33.2 Å². The quantitative estimate of drug-likeness (QED) is 0.863. The Balaban J connectivity index is 1.99. The molecule has 0 radical (unpaired) electrons. The Kier molecular flexibility index (Phi) is 4.31. The number of pyridine rings is 1. The summed E-state index contributed by atoms with van der Waals surface area (Å²) in [5, 5.41) is 3.37. The smallest absolute Gasteiger partial charge is 0.129 e. The van der Waals surface area contributed by atoms with Gasteiger partial charge in [0.05, 0.1) is 5.69 Å². The lowest BCUT2D eigenvalue weighted by molar-refractivity contribution is 0.626. The fourth-order valence-electron chi connectivity index (χ4n) is 1.78. The number of nitrogens with one attached hydrogen (secondary N) is 1. The van der Waals surface area contributed by atoms with E-state index < -0.39 is 0 Å². The summed E-state index contributed by atoms with van der Waals surface area (Å²) in [5.74, 6) is -0.200. The number of benzene rings is 1. The summed E-state index contributed by atoms with van der Waals surface area (Å²) in [4.78, 5) is 4.16. The van der Waals surface area contributed by atoms with E-state index in [4.69, 9.17) is 0 Å². The van der Waals surface area contributed by atoms with E-state index in [0.29, 0.717) is 0 Å². The molecule has 1 aromatic heterocycles. The van der Waals surface area contributed by atoms with Crippen LogP contribution in [0.3, 0.4) is 0 Å². The van der Waals surface area contributed by atoms with Crippen molar-refractivity contribution in [3.8, 4) is 0 Å². The average molecular weight is 309 g/mol. The lowest BCUT2D eigenvalue weighted by atomic mass is 10.1. The van der Waals surface area contributed by atoms with Crippen LogP contribution >= 0.6 is 15.9 Å². The number of rotatable bonds is 4. The Hall–Kier alpha value is -1.42. The molecule has 0 fully saturated rings. The highest BCUT2D eigenvalue weighted by Gasteiger charge is 2.06. The van der Waals surface area contributed by atoms with Crippen LogP contribution in [0.25, 0.3) is 0 Å². The molecule has 1 heterocycles. The lowest BCUT2D eigenvalue weighted by Gasteiger charge is -2.16. The zero-order chi connectivity index (χ0) is 13.0. The first-order valence-corrected chi connectivity index (χ1v) is 6.56. The summed E-state index contributed by atoms with van der Waals surface area (Å²) in [7, 11) is 0. The number of aromatic nitrogens is 1. The molecule has 2 nitrogen and oxygen atoms in total. The topological polar surface area (TPSA) is 24.9 Å². The van der Waals surface area contributed by atoms with Crippen LogP contribution in [0.2, 0.25) is 0 Å². The van der Waals surface area contributed by atoms with E-state index >= 15 is 0 Å². The maximum atomic E-state index is 12.8. The van der Waals surface area contributed by atoms with Crippen LogP contribution in [0.1, 0.15) is 12.5 Å². The van der Waals surface area contributed by atoms with Crippen molar-refractivity contribution in [3.63, 3.8) is 0 Å². The highest BCUT2D eigenvalue weighted by atomic mass is 79.9. The van der Waals surface area contributed by atoms with Gasteiger partial charge in [-0.05, 0) is 59.1 Å².